The van der Waals surface area contributed by atoms with E-state index in [2.05, 4.69) is 132 Å². The number of benzene rings is 4. The van der Waals surface area contributed by atoms with Crippen molar-refractivity contribution in [2.75, 3.05) is 7.11 Å². The largest absolute Gasteiger partial charge is 0.496 e. The zero-order valence-electron chi connectivity index (χ0n) is 34.2. The smallest absolute Gasteiger partial charge is 0.134 e. The van der Waals surface area contributed by atoms with Crippen molar-refractivity contribution in [1.29, 1.82) is 0 Å². The van der Waals surface area contributed by atoms with Crippen LogP contribution in [-0.2, 0) is 45.8 Å². The molecule has 4 aromatic carbocycles. The molecule has 3 aromatic heterocycles. The molecule has 0 unspecified atom stereocenters. The summed E-state index contributed by atoms with van der Waals surface area (Å²) in [5.74, 6) is 0.851. The minimum absolute atomic E-state index is 0. The molecule has 0 spiro atoms. The van der Waals surface area contributed by atoms with Crippen LogP contribution in [0, 0.1) is 34.9 Å². The summed E-state index contributed by atoms with van der Waals surface area (Å²) < 4.78 is 15.9. The number of pyridine rings is 2. The monoisotopic (exact) mass is 947 g/mol. The van der Waals surface area contributed by atoms with Crippen LogP contribution in [0.4, 0.5) is 0 Å². The van der Waals surface area contributed by atoms with Gasteiger partial charge in [-0.3, -0.25) is 0 Å². The molecule has 6 heteroatoms. The second-order valence-electron chi connectivity index (χ2n) is 16.8. The Morgan fingerprint density at radius 2 is 1.37 bits per heavy atom. The van der Waals surface area contributed by atoms with Gasteiger partial charge in [0.2, 0.25) is 0 Å². The van der Waals surface area contributed by atoms with Crippen molar-refractivity contribution >= 4 is 35.2 Å². The number of hydrogen-bond acceptors (Lipinski definition) is 2. The van der Waals surface area contributed by atoms with Crippen molar-refractivity contribution in [3.63, 3.8) is 0 Å². The Hall–Kier alpha value is -4.87. The van der Waals surface area contributed by atoms with Gasteiger partial charge in [-0.05, 0) is 87.6 Å². The Kier molecular flexibility index (Phi) is 11.4. The molecule has 0 atom stereocenters. The summed E-state index contributed by atoms with van der Waals surface area (Å²) in [6, 6.07) is 27.8. The molecule has 57 heavy (non-hydrogen) atoms. The van der Waals surface area contributed by atoms with Crippen LogP contribution in [0.3, 0.4) is 0 Å². The van der Waals surface area contributed by atoms with Crippen LogP contribution >= 0.6 is 0 Å². The molecule has 0 bridgehead atoms. The number of fused-ring (bicyclic) bond motifs is 5. The van der Waals surface area contributed by atoms with E-state index in [1.165, 1.54) is 88.5 Å². The number of rotatable bonds is 5. The van der Waals surface area contributed by atoms with Crippen molar-refractivity contribution in [3.05, 3.63) is 158 Å². The number of aryl methyl sites for hydroxylation is 3. The van der Waals surface area contributed by atoms with Crippen LogP contribution in [0.5, 0.6) is 5.75 Å². The third kappa shape index (κ3) is 7.63. The number of para-hydroxylation sites is 1. The van der Waals surface area contributed by atoms with Gasteiger partial charge in [0, 0.05) is 50.5 Å². The van der Waals surface area contributed by atoms with Gasteiger partial charge in [-0.15, -0.1) is 29.3 Å². The number of ether oxygens (including phenoxy) is 1. The topological polar surface area (TPSA) is 30.1 Å². The molecule has 1 radical (unpaired) electrons. The average Bonchev–Trinajstić information content (AvgIpc) is 3.54. The molecule has 2 aliphatic rings. The number of methoxy groups -OCH3 is 1. The first kappa shape index (κ1) is 40.3. The van der Waals surface area contributed by atoms with Crippen LogP contribution in [0.15, 0.2) is 95.7 Å². The van der Waals surface area contributed by atoms with Gasteiger partial charge in [0.05, 0.1) is 44.5 Å². The summed E-state index contributed by atoms with van der Waals surface area (Å²) in [5, 5.41) is 3.70. The predicted molar refractivity (Wildman–Crippen MR) is 235 cm³/mol. The Labute approximate surface area is 354 Å². The Bertz CT molecular complexity index is 2630. The van der Waals surface area contributed by atoms with Crippen molar-refractivity contribution in [2.45, 2.75) is 77.9 Å². The SMILES string of the molecule is [CH2-]c1cc2oc3cc(-c4ccccc4OC)ccc3c2cc1-c1c2c(cc[n+]1[CH2-])CCCC2.[CH2-]c1ccc2c(c1-c1cc(C)c([Si](C)(C)C)c[n+]1[CH2-])CCCC2.[Ir]. The van der Waals surface area contributed by atoms with E-state index in [-0.39, 0.29) is 20.1 Å². The van der Waals surface area contributed by atoms with Crippen molar-refractivity contribution in [3.8, 4) is 39.4 Å². The number of aromatic nitrogens is 2. The summed E-state index contributed by atoms with van der Waals surface area (Å²) in [7, 11) is 8.95. The van der Waals surface area contributed by atoms with Gasteiger partial charge < -0.3 is 18.3 Å². The summed E-state index contributed by atoms with van der Waals surface area (Å²) in [4.78, 5) is 0. The van der Waals surface area contributed by atoms with E-state index in [0.717, 1.165) is 68.3 Å². The molecular formula is C51H54IrN2O2Si-2. The van der Waals surface area contributed by atoms with E-state index in [9.17, 15) is 0 Å². The van der Waals surface area contributed by atoms with Gasteiger partial charge in [0.15, 0.2) is 0 Å². The molecule has 295 valence electrons. The Morgan fingerprint density at radius 1 is 0.684 bits per heavy atom. The molecule has 7 aromatic rings. The van der Waals surface area contributed by atoms with Crippen LogP contribution in [0.2, 0.25) is 19.6 Å². The molecule has 2 aliphatic carbocycles. The van der Waals surface area contributed by atoms with E-state index in [0.29, 0.717) is 0 Å². The van der Waals surface area contributed by atoms with Crippen LogP contribution in [0.25, 0.3) is 55.6 Å². The molecule has 3 heterocycles. The van der Waals surface area contributed by atoms with Crippen LogP contribution in [-0.4, -0.2) is 15.2 Å². The third-order valence-corrected chi connectivity index (χ3v) is 14.1. The number of furan rings is 1. The molecule has 0 fully saturated rings. The van der Waals surface area contributed by atoms with E-state index < -0.39 is 8.07 Å². The number of nitrogens with zero attached hydrogens (tertiary/aromatic N) is 2. The van der Waals surface area contributed by atoms with E-state index in [1.807, 2.05) is 22.8 Å². The molecule has 0 amide bonds. The Balaban J connectivity index is 0.000000183. The van der Waals surface area contributed by atoms with Crippen molar-refractivity contribution in [1.82, 2.24) is 0 Å². The van der Waals surface area contributed by atoms with Crippen LogP contribution in [0.1, 0.15) is 64.6 Å². The molecule has 4 nitrogen and oxygen atoms in total. The minimum atomic E-state index is -1.35. The van der Waals surface area contributed by atoms with Crippen molar-refractivity contribution < 1.29 is 38.4 Å². The maximum Gasteiger partial charge on any atom is 0.134 e. The summed E-state index contributed by atoms with van der Waals surface area (Å²) in [5.41, 5.74) is 18.0. The molecule has 9 rings (SSSR count). The average molecular weight is 947 g/mol. The van der Waals surface area contributed by atoms with Gasteiger partial charge in [0.1, 0.15) is 11.3 Å². The van der Waals surface area contributed by atoms with E-state index in [1.54, 1.807) is 7.11 Å². The second kappa shape index (κ2) is 16.2. The zero-order chi connectivity index (χ0) is 39.3. The Morgan fingerprint density at radius 3 is 2.11 bits per heavy atom. The predicted octanol–water partition coefficient (Wildman–Crippen LogP) is 11.1. The first-order valence-electron chi connectivity index (χ1n) is 20.1. The van der Waals surface area contributed by atoms with E-state index in [4.69, 9.17) is 9.15 Å². The minimum Gasteiger partial charge on any atom is -0.496 e. The molecule has 0 saturated carbocycles. The maximum atomic E-state index is 6.30. The summed E-state index contributed by atoms with van der Waals surface area (Å²) >= 11 is 0. The van der Waals surface area contributed by atoms with Gasteiger partial charge in [-0.1, -0.05) is 83.5 Å². The fourth-order valence-corrected chi connectivity index (χ4v) is 11.0. The summed E-state index contributed by atoms with van der Waals surface area (Å²) in [6.07, 6.45) is 14.0. The number of hydrogen-bond donors (Lipinski definition) is 0. The normalized spacial score (nSPS) is 13.6. The molecule has 0 saturated heterocycles. The molecule has 0 aliphatic heterocycles. The molecular weight excluding hydrogens is 893 g/mol. The quantitative estimate of drug-likeness (QED) is 0.0978. The van der Waals surface area contributed by atoms with Gasteiger partial charge >= 0.3 is 0 Å². The fraction of sp³-hybridized carbons (Fsp3) is 0.255. The second-order valence-corrected chi connectivity index (χ2v) is 21.8. The van der Waals surface area contributed by atoms with Gasteiger partial charge in [0.25, 0.3) is 0 Å². The third-order valence-electron chi connectivity index (χ3n) is 12.0. The maximum absolute atomic E-state index is 6.30. The summed E-state index contributed by atoms with van der Waals surface area (Å²) in [6.45, 7) is 18.1. The first-order chi connectivity index (χ1) is 26.9. The molecule has 0 N–H and O–H groups in total. The van der Waals surface area contributed by atoms with E-state index >= 15 is 0 Å². The van der Waals surface area contributed by atoms with Crippen molar-refractivity contribution in [2.24, 2.45) is 0 Å². The zero-order valence-corrected chi connectivity index (χ0v) is 37.6. The first-order valence-corrected chi connectivity index (χ1v) is 23.6. The van der Waals surface area contributed by atoms with Gasteiger partial charge in [-0.25, -0.2) is 0 Å². The van der Waals surface area contributed by atoms with Gasteiger partial charge in [-0.2, -0.15) is 31.0 Å². The standard InChI is InChI=1S/C30H26NO2.C21H28NSi.Ir/c1-19-16-28-26(18-25(19)30-23-10-5-4-8-20(23)14-15-31(30)2)24-13-12-21(17-29(24)33-28)22-9-6-7-11-27(22)32-3;1-15-11-12-17-9-7-8-10-18(17)21(15)19-13-16(2)20(14-22(19)3)23(4,5)6;/h6-7,9,11-18H,1-2,4-5,8,10H2,3H3;11-14H,1,3,7-10H2,2,4-6H3;/q2*-1;. The fourth-order valence-electron chi connectivity index (χ4n) is 9.15. The van der Waals surface area contributed by atoms with Crippen LogP contribution < -0.4 is 19.1 Å².